The minimum absolute atomic E-state index is 0.103. The first kappa shape index (κ1) is 15.5. The van der Waals surface area contributed by atoms with Gasteiger partial charge in [0, 0.05) is 31.7 Å². The lowest BCUT2D eigenvalue weighted by Gasteiger charge is -2.35. The number of carbonyl (C=O) groups is 1. The van der Waals surface area contributed by atoms with Gasteiger partial charge in [-0.25, -0.2) is 0 Å². The summed E-state index contributed by atoms with van der Waals surface area (Å²) in [5, 5.41) is 11.6. The van der Waals surface area contributed by atoms with Crippen molar-refractivity contribution < 1.29 is 9.53 Å². The third-order valence-electron chi connectivity index (χ3n) is 3.49. The Morgan fingerprint density at radius 3 is 2.52 bits per heavy atom. The molecule has 0 unspecified atom stereocenters. The topological polar surface area (TPSA) is 65.4 Å². The van der Waals surface area contributed by atoms with Gasteiger partial charge in [-0.15, -0.1) is 0 Å². The minimum atomic E-state index is -0.103. The fourth-order valence-electron chi connectivity index (χ4n) is 2.59. The highest BCUT2D eigenvalue weighted by atomic mass is 16.5. The van der Waals surface area contributed by atoms with Gasteiger partial charge in [-0.3, -0.25) is 9.69 Å². The third-order valence-corrected chi connectivity index (χ3v) is 3.49. The van der Waals surface area contributed by atoms with Crippen molar-refractivity contribution >= 4 is 5.91 Å². The normalized spacial score (nSPS) is 22.5. The fraction of sp³-hybridized carbons (Fsp3) is 0.500. The van der Waals surface area contributed by atoms with Crippen LogP contribution in [0, 0.1) is 11.3 Å². The monoisotopic (exact) mass is 287 g/mol. The highest BCUT2D eigenvalue weighted by Crippen LogP contribution is 2.09. The van der Waals surface area contributed by atoms with Gasteiger partial charge in [0.15, 0.2) is 0 Å². The number of hydrogen-bond donors (Lipinski definition) is 1. The summed E-state index contributed by atoms with van der Waals surface area (Å²) in [4.78, 5) is 14.3. The molecule has 2 atom stereocenters. The largest absolute Gasteiger partial charge is 0.373 e. The maximum Gasteiger partial charge on any atom is 0.251 e. The van der Waals surface area contributed by atoms with Crippen molar-refractivity contribution in [3.05, 3.63) is 35.4 Å². The van der Waals surface area contributed by atoms with Crippen LogP contribution in [0.2, 0.25) is 0 Å². The highest BCUT2D eigenvalue weighted by molar-refractivity contribution is 5.94. The van der Waals surface area contributed by atoms with Gasteiger partial charge in [0.05, 0.1) is 23.8 Å². The third kappa shape index (κ3) is 4.55. The molecule has 1 aromatic rings. The number of nitriles is 1. The molecule has 0 radical (unpaired) electrons. The maximum absolute atomic E-state index is 12.0. The second-order valence-corrected chi connectivity index (χ2v) is 5.46. The number of ether oxygens (including phenoxy) is 1. The van der Waals surface area contributed by atoms with E-state index >= 15 is 0 Å². The molecule has 1 aliphatic heterocycles. The van der Waals surface area contributed by atoms with Gasteiger partial charge in [-0.05, 0) is 38.1 Å². The number of amides is 1. The van der Waals surface area contributed by atoms with Crippen molar-refractivity contribution in [2.75, 3.05) is 26.2 Å². The Kier molecular flexibility index (Phi) is 5.32. The molecule has 0 spiro atoms. The zero-order valence-electron chi connectivity index (χ0n) is 12.5. The molecular weight excluding hydrogens is 266 g/mol. The Balaban J connectivity index is 1.77. The standard InChI is InChI=1S/C16H21N3O2/c1-12-10-19(11-13(2)21-12)8-7-18-16(20)15-5-3-14(9-17)4-6-15/h3-6,12-13H,7-8,10-11H2,1-2H3,(H,18,20)/t12-,13+. The molecule has 0 saturated carbocycles. The van der Waals surface area contributed by atoms with Crippen LogP contribution in [-0.2, 0) is 4.74 Å². The molecule has 0 aliphatic carbocycles. The number of carbonyl (C=O) groups excluding carboxylic acids is 1. The summed E-state index contributed by atoms with van der Waals surface area (Å²) in [7, 11) is 0. The first-order valence-corrected chi connectivity index (χ1v) is 7.24. The lowest BCUT2D eigenvalue weighted by Crippen LogP contribution is -2.47. The Labute approximate surface area is 125 Å². The molecule has 112 valence electrons. The van der Waals surface area contributed by atoms with E-state index in [1.807, 2.05) is 6.07 Å². The molecule has 1 heterocycles. The smallest absolute Gasteiger partial charge is 0.251 e. The van der Waals surface area contributed by atoms with Crippen LogP contribution in [0.25, 0.3) is 0 Å². The highest BCUT2D eigenvalue weighted by Gasteiger charge is 2.21. The van der Waals surface area contributed by atoms with Crippen LogP contribution < -0.4 is 5.32 Å². The van der Waals surface area contributed by atoms with Gasteiger partial charge >= 0.3 is 0 Å². The van der Waals surface area contributed by atoms with Crippen LogP contribution >= 0.6 is 0 Å². The molecule has 5 nitrogen and oxygen atoms in total. The molecule has 0 aromatic heterocycles. The minimum Gasteiger partial charge on any atom is -0.373 e. The van der Waals surface area contributed by atoms with Crippen LogP contribution in [0.5, 0.6) is 0 Å². The number of hydrogen-bond acceptors (Lipinski definition) is 4. The van der Waals surface area contributed by atoms with E-state index in [0.29, 0.717) is 17.7 Å². The molecule has 0 bridgehead atoms. The Bertz CT molecular complexity index is 511. The lowest BCUT2D eigenvalue weighted by atomic mass is 10.1. The van der Waals surface area contributed by atoms with Crippen molar-refractivity contribution in [2.45, 2.75) is 26.1 Å². The SMILES string of the molecule is C[C@@H]1CN(CCNC(=O)c2ccc(C#N)cc2)C[C@H](C)O1. The number of morpholine rings is 1. The molecule has 1 N–H and O–H groups in total. The second-order valence-electron chi connectivity index (χ2n) is 5.46. The first-order chi connectivity index (χ1) is 10.1. The number of nitrogens with one attached hydrogen (secondary N) is 1. The van der Waals surface area contributed by atoms with E-state index in [0.717, 1.165) is 19.6 Å². The lowest BCUT2D eigenvalue weighted by molar-refractivity contribution is -0.0672. The van der Waals surface area contributed by atoms with Crippen molar-refractivity contribution in [1.29, 1.82) is 5.26 Å². The summed E-state index contributed by atoms with van der Waals surface area (Å²) in [6.45, 7) is 7.36. The van der Waals surface area contributed by atoms with E-state index in [-0.39, 0.29) is 18.1 Å². The van der Waals surface area contributed by atoms with E-state index in [1.54, 1.807) is 24.3 Å². The Morgan fingerprint density at radius 1 is 1.33 bits per heavy atom. The van der Waals surface area contributed by atoms with Crippen LogP contribution in [0.15, 0.2) is 24.3 Å². The summed E-state index contributed by atoms with van der Waals surface area (Å²) in [5.41, 5.74) is 1.14. The molecule has 1 aromatic carbocycles. The number of benzene rings is 1. The zero-order valence-corrected chi connectivity index (χ0v) is 12.5. The van der Waals surface area contributed by atoms with E-state index < -0.39 is 0 Å². The van der Waals surface area contributed by atoms with Gasteiger partial charge < -0.3 is 10.1 Å². The first-order valence-electron chi connectivity index (χ1n) is 7.24. The van der Waals surface area contributed by atoms with Crippen molar-refractivity contribution in [3.8, 4) is 6.07 Å². The number of rotatable bonds is 4. The van der Waals surface area contributed by atoms with Crippen LogP contribution in [-0.4, -0.2) is 49.2 Å². The van der Waals surface area contributed by atoms with Crippen molar-refractivity contribution in [2.24, 2.45) is 0 Å². The molecule has 1 aliphatic rings. The predicted molar refractivity (Wildman–Crippen MR) is 79.9 cm³/mol. The molecule has 1 amide bonds. The number of nitrogens with zero attached hydrogens (tertiary/aromatic N) is 2. The van der Waals surface area contributed by atoms with E-state index in [4.69, 9.17) is 10.00 Å². The average molecular weight is 287 g/mol. The predicted octanol–water partition coefficient (Wildman–Crippen LogP) is 1.40. The maximum atomic E-state index is 12.0. The summed E-state index contributed by atoms with van der Waals surface area (Å²) in [5.74, 6) is -0.103. The van der Waals surface area contributed by atoms with E-state index in [1.165, 1.54) is 0 Å². The van der Waals surface area contributed by atoms with Gasteiger partial charge in [0.25, 0.3) is 5.91 Å². The average Bonchev–Trinajstić information content (AvgIpc) is 2.46. The summed E-state index contributed by atoms with van der Waals surface area (Å²) >= 11 is 0. The molecule has 5 heteroatoms. The van der Waals surface area contributed by atoms with E-state index in [9.17, 15) is 4.79 Å². The van der Waals surface area contributed by atoms with E-state index in [2.05, 4.69) is 24.1 Å². The van der Waals surface area contributed by atoms with Gasteiger partial charge in [-0.1, -0.05) is 0 Å². The quantitative estimate of drug-likeness (QED) is 0.909. The summed E-state index contributed by atoms with van der Waals surface area (Å²) in [6, 6.07) is 8.69. The molecule has 1 fully saturated rings. The van der Waals surface area contributed by atoms with Crippen molar-refractivity contribution in [3.63, 3.8) is 0 Å². The Hall–Kier alpha value is -1.90. The van der Waals surface area contributed by atoms with Gasteiger partial charge in [-0.2, -0.15) is 5.26 Å². The summed E-state index contributed by atoms with van der Waals surface area (Å²) < 4.78 is 5.68. The summed E-state index contributed by atoms with van der Waals surface area (Å²) in [6.07, 6.45) is 0.478. The zero-order chi connectivity index (χ0) is 15.2. The Morgan fingerprint density at radius 2 is 1.95 bits per heavy atom. The van der Waals surface area contributed by atoms with Gasteiger partial charge in [0.2, 0.25) is 0 Å². The molecule has 21 heavy (non-hydrogen) atoms. The van der Waals surface area contributed by atoms with Crippen LogP contribution in [0.1, 0.15) is 29.8 Å². The second kappa shape index (κ2) is 7.21. The van der Waals surface area contributed by atoms with Crippen molar-refractivity contribution in [1.82, 2.24) is 10.2 Å². The molecular formula is C16H21N3O2. The van der Waals surface area contributed by atoms with Gasteiger partial charge in [0.1, 0.15) is 0 Å². The van der Waals surface area contributed by atoms with Crippen LogP contribution in [0.3, 0.4) is 0 Å². The fourth-order valence-corrected chi connectivity index (χ4v) is 2.59. The van der Waals surface area contributed by atoms with Crippen LogP contribution in [0.4, 0.5) is 0 Å². The molecule has 1 saturated heterocycles. The molecule has 2 rings (SSSR count).